The number of benzene rings is 1. The van der Waals surface area contributed by atoms with E-state index in [-0.39, 0.29) is 19.0 Å². The topological polar surface area (TPSA) is 92.7 Å². The van der Waals surface area contributed by atoms with E-state index < -0.39 is 32.0 Å². The molecule has 0 radical (unpaired) electrons. The summed E-state index contributed by atoms with van der Waals surface area (Å²) in [6.07, 6.45) is 4.35. The van der Waals surface area contributed by atoms with Crippen molar-refractivity contribution in [1.82, 2.24) is 0 Å². The molecule has 2 aliphatic heterocycles. The largest absolute Gasteiger partial charge is 0.497 e. The summed E-state index contributed by atoms with van der Waals surface area (Å²) in [7, 11) is 0.336. The number of rotatable bonds is 7. The lowest BCUT2D eigenvalue weighted by Crippen LogP contribution is -2.35. The molecule has 1 aromatic carbocycles. The number of esters is 1. The van der Waals surface area contributed by atoms with Crippen molar-refractivity contribution < 1.29 is 38.3 Å². The highest BCUT2D eigenvalue weighted by atomic mass is 28.3. The van der Waals surface area contributed by atoms with Crippen LogP contribution in [0.1, 0.15) is 62.4 Å². The van der Waals surface area contributed by atoms with Crippen LogP contribution in [-0.4, -0.2) is 69.9 Å². The van der Waals surface area contributed by atoms with E-state index in [4.69, 9.17) is 28.4 Å². The van der Waals surface area contributed by atoms with Gasteiger partial charge in [0.05, 0.1) is 25.4 Å². The second-order valence-corrected chi connectivity index (χ2v) is 17.2. The number of hydrogen-bond donors (Lipinski definition) is 1. The SMILES string of the molecule is COc1cc2c(c(OCOCC[Si](C)(C)C)c1)C(=O)O[C@@H](C)CCC[C@@H]1OC(C)(C)O[C@H]1[C@@H](O)C/C=C/2. The van der Waals surface area contributed by atoms with Crippen LogP contribution >= 0.6 is 0 Å². The van der Waals surface area contributed by atoms with Gasteiger partial charge in [-0.3, -0.25) is 0 Å². The molecule has 1 N–H and O–H groups in total. The standard InChI is InChI=1S/C28H44O8Si/c1-19-10-8-13-23-26(36-28(2,3)35-23)22(29)12-9-11-20-16-21(31-4)17-24(25(20)27(30)34-19)33-18-32-14-15-37(5,6)7/h9,11,16-17,19,22-23,26,29H,8,10,12-15,18H2,1-7H3/b11-9+/t19-,22-,23-,26-/m0/s1. The molecule has 4 atom stereocenters. The Morgan fingerprint density at radius 3 is 2.62 bits per heavy atom. The van der Waals surface area contributed by atoms with Crippen molar-refractivity contribution in [2.75, 3.05) is 20.5 Å². The summed E-state index contributed by atoms with van der Waals surface area (Å²) in [5.74, 6) is -0.345. The Balaban J connectivity index is 1.87. The van der Waals surface area contributed by atoms with E-state index in [1.54, 1.807) is 25.3 Å². The summed E-state index contributed by atoms with van der Waals surface area (Å²) < 4.78 is 35.0. The number of fused-ring (bicyclic) bond motifs is 2. The predicted octanol–water partition coefficient (Wildman–Crippen LogP) is 5.40. The first-order chi connectivity index (χ1) is 17.4. The van der Waals surface area contributed by atoms with Crippen LogP contribution in [0.25, 0.3) is 6.08 Å². The van der Waals surface area contributed by atoms with Gasteiger partial charge in [-0.05, 0) is 64.1 Å². The number of hydrogen-bond acceptors (Lipinski definition) is 8. The minimum Gasteiger partial charge on any atom is -0.497 e. The van der Waals surface area contributed by atoms with E-state index in [0.29, 0.717) is 48.5 Å². The van der Waals surface area contributed by atoms with Crippen LogP contribution in [0.3, 0.4) is 0 Å². The second kappa shape index (κ2) is 12.8. The van der Waals surface area contributed by atoms with Gasteiger partial charge in [0.1, 0.15) is 23.2 Å². The fraction of sp³-hybridized carbons (Fsp3) is 0.679. The molecule has 208 valence electrons. The van der Waals surface area contributed by atoms with E-state index in [0.717, 1.165) is 12.5 Å². The summed E-state index contributed by atoms with van der Waals surface area (Å²) in [5.41, 5.74) is 0.891. The molecule has 1 fully saturated rings. The molecule has 0 saturated carbocycles. The van der Waals surface area contributed by atoms with Crippen molar-refractivity contribution >= 4 is 20.1 Å². The molecule has 0 spiro atoms. The number of aliphatic hydroxyl groups is 1. The molecule has 1 aromatic rings. The smallest absolute Gasteiger partial charge is 0.342 e. The van der Waals surface area contributed by atoms with E-state index in [2.05, 4.69) is 19.6 Å². The first-order valence-corrected chi connectivity index (χ1v) is 16.9. The number of carbonyl (C=O) groups excluding carboxylic acids is 1. The maximum absolute atomic E-state index is 13.4. The van der Waals surface area contributed by atoms with Crippen molar-refractivity contribution in [3.05, 3.63) is 29.3 Å². The molecule has 8 nitrogen and oxygen atoms in total. The number of cyclic esters (lactones) is 1. The molecule has 2 heterocycles. The third-order valence-electron chi connectivity index (χ3n) is 6.52. The van der Waals surface area contributed by atoms with E-state index in [1.165, 1.54) is 0 Å². The molecule has 1 saturated heterocycles. The number of carbonyl (C=O) groups is 1. The molecule has 0 unspecified atom stereocenters. The van der Waals surface area contributed by atoms with Gasteiger partial charge in [-0.15, -0.1) is 0 Å². The molecule has 0 amide bonds. The van der Waals surface area contributed by atoms with Gasteiger partial charge in [0, 0.05) is 20.7 Å². The van der Waals surface area contributed by atoms with Crippen molar-refractivity contribution in [3.8, 4) is 11.5 Å². The molecule has 0 aromatic heterocycles. The summed E-state index contributed by atoms with van der Waals surface area (Å²) in [6, 6.07) is 4.45. The van der Waals surface area contributed by atoms with Gasteiger partial charge < -0.3 is 33.5 Å². The minimum absolute atomic E-state index is 0.0194. The monoisotopic (exact) mass is 536 g/mol. The number of aliphatic hydroxyl groups excluding tert-OH is 1. The van der Waals surface area contributed by atoms with E-state index >= 15 is 0 Å². The first-order valence-electron chi connectivity index (χ1n) is 13.2. The number of ether oxygens (including phenoxy) is 6. The maximum Gasteiger partial charge on any atom is 0.342 e. The van der Waals surface area contributed by atoms with Gasteiger partial charge >= 0.3 is 5.97 Å². The zero-order valence-corrected chi connectivity index (χ0v) is 24.4. The lowest BCUT2D eigenvalue weighted by molar-refractivity contribution is -0.155. The molecule has 2 aliphatic rings. The fourth-order valence-electron chi connectivity index (χ4n) is 4.52. The highest BCUT2D eigenvalue weighted by Crippen LogP contribution is 2.35. The Labute approximate surface area is 222 Å². The van der Waals surface area contributed by atoms with Crippen LogP contribution in [-0.2, 0) is 18.9 Å². The predicted molar refractivity (Wildman–Crippen MR) is 145 cm³/mol. The molecule has 0 bridgehead atoms. The quantitative estimate of drug-likeness (QED) is 0.214. The summed E-state index contributed by atoms with van der Waals surface area (Å²) in [5, 5.41) is 10.9. The van der Waals surface area contributed by atoms with Gasteiger partial charge in [0.15, 0.2) is 12.6 Å². The molecule has 3 rings (SSSR count). The van der Waals surface area contributed by atoms with Gasteiger partial charge in [-0.2, -0.15) is 0 Å². The zero-order chi connectivity index (χ0) is 27.2. The summed E-state index contributed by atoms with van der Waals surface area (Å²) >= 11 is 0. The molecule has 37 heavy (non-hydrogen) atoms. The van der Waals surface area contributed by atoms with Crippen LogP contribution in [0.5, 0.6) is 11.5 Å². The molecule has 0 aliphatic carbocycles. The number of methoxy groups -OCH3 is 1. The highest BCUT2D eigenvalue weighted by molar-refractivity contribution is 6.76. The normalized spacial score (nSPS) is 27.4. The molecular weight excluding hydrogens is 492 g/mol. The first kappa shape index (κ1) is 29.6. The third-order valence-corrected chi connectivity index (χ3v) is 8.23. The lowest BCUT2D eigenvalue weighted by Gasteiger charge is -2.23. The van der Waals surface area contributed by atoms with Crippen molar-refractivity contribution in [2.24, 2.45) is 0 Å². The Morgan fingerprint density at radius 1 is 1.16 bits per heavy atom. The van der Waals surface area contributed by atoms with Gasteiger partial charge in [-0.25, -0.2) is 4.79 Å². The van der Waals surface area contributed by atoms with Gasteiger partial charge in [-0.1, -0.05) is 31.8 Å². The van der Waals surface area contributed by atoms with E-state index in [9.17, 15) is 9.90 Å². The Morgan fingerprint density at radius 2 is 1.92 bits per heavy atom. The summed E-state index contributed by atoms with van der Waals surface area (Å²) in [4.78, 5) is 13.4. The van der Waals surface area contributed by atoms with Crippen LogP contribution in [0.15, 0.2) is 18.2 Å². The van der Waals surface area contributed by atoms with Crippen molar-refractivity contribution in [2.45, 2.75) is 102 Å². The Hall–Kier alpha value is -1.91. The van der Waals surface area contributed by atoms with E-state index in [1.807, 2.05) is 26.8 Å². The maximum atomic E-state index is 13.4. The van der Waals surface area contributed by atoms with Crippen LogP contribution in [0.4, 0.5) is 0 Å². The van der Waals surface area contributed by atoms with Gasteiger partial charge in [0.25, 0.3) is 0 Å². The Kier molecular flexibility index (Phi) is 10.2. The zero-order valence-electron chi connectivity index (χ0n) is 23.4. The van der Waals surface area contributed by atoms with Crippen LogP contribution in [0.2, 0.25) is 25.7 Å². The van der Waals surface area contributed by atoms with Gasteiger partial charge in [0.2, 0.25) is 0 Å². The van der Waals surface area contributed by atoms with Crippen molar-refractivity contribution in [1.29, 1.82) is 0 Å². The molecular formula is C28H44O8Si. The third kappa shape index (κ3) is 8.82. The fourth-order valence-corrected chi connectivity index (χ4v) is 5.28. The minimum atomic E-state index is -1.23. The Bertz CT molecular complexity index is 939. The van der Waals surface area contributed by atoms with Crippen molar-refractivity contribution in [3.63, 3.8) is 0 Å². The molecule has 9 heteroatoms. The second-order valence-electron chi connectivity index (χ2n) is 11.6. The average molecular weight is 537 g/mol. The van der Waals surface area contributed by atoms with Crippen LogP contribution in [0, 0.1) is 0 Å². The summed E-state index contributed by atoms with van der Waals surface area (Å²) in [6.45, 7) is 13.1. The highest BCUT2D eigenvalue weighted by Gasteiger charge is 2.44. The lowest BCUT2D eigenvalue weighted by atomic mass is 9.98. The average Bonchev–Trinajstić information content (AvgIpc) is 3.11. The van der Waals surface area contributed by atoms with Crippen LogP contribution < -0.4 is 9.47 Å².